The van der Waals surface area contributed by atoms with Crippen LogP contribution in [0.5, 0.6) is 0 Å². The summed E-state index contributed by atoms with van der Waals surface area (Å²) in [4.78, 5) is 0. The molecular weight excluding hydrogens is 743 g/mol. The van der Waals surface area contributed by atoms with Crippen molar-refractivity contribution in [2.24, 2.45) is 0 Å². The maximum Gasteiger partial charge on any atom is 0.522 e. The Morgan fingerprint density at radius 1 is 0.526 bits per heavy atom. The molecule has 0 amide bonds. The highest BCUT2D eigenvalue weighted by Crippen LogP contribution is 2.62. The van der Waals surface area contributed by atoms with Gasteiger partial charge in [-0.1, -0.05) is 0 Å². The molecule has 0 bridgehead atoms. The van der Waals surface area contributed by atoms with Crippen molar-refractivity contribution in [1.82, 2.24) is 0 Å². The molecule has 0 aliphatic rings. The van der Waals surface area contributed by atoms with Crippen molar-refractivity contribution in [1.29, 1.82) is 0 Å². The van der Waals surface area contributed by atoms with E-state index in [0.717, 1.165) is 0 Å². The third-order valence-corrected chi connectivity index (χ3v) is 5.35. The van der Waals surface area contributed by atoms with Crippen molar-refractivity contribution in [3.63, 3.8) is 0 Å². The van der Waals surface area contributed by atoms with Crippen molar-refractivity contribution in [3.8, 4) is 0 Å². The fourth-order valence-corrected chi connectivity index (χ4v) is 2.62. The van der Waals surface area contributed by atoms with E-state index in [9.17, 15) is 87.8 Å². The highest BCUT2D eigenvalue weighted by molar-refractivity contribution is 14.1. The lowest BCUT2D eigenvalue weighted by atomic mass is 9.90. The molecular formula is C13HF20IO3S. The number of alkyl halides is 16. The second kappa shape index (κ2) is 10.1. The van der Waals surface area contributed by atoms with E-state index in [0.29, 0.717) is 0 Å². The second-order valence-electron chi connectivity index (χ2n) is 6.24. The Labute approximate surface area is 207 Å². The van der Waals surface area contributed by atoms with Crippen molar-refractivity contribution >= 4 is 32.7 Å². The Morgan fingerprint density at radius 2 is 0.816 bits per heavy atom. The van der Waals surface area contributed by atoms with Crippen LogP contribution in [0.4, 0.5) is 87.8 Å². The molecule has 38 heavy (non-hydrogen) atoms. The molecule has 0 saturated heterocycles. The van der Waals surface area contributed by atoms with Gasteiger partial charge in [0.25, 0.3) is 0 Å². The van der Waals surface area contributed by atoms with Crippen LogP contribution in [0.3, 0.4) is 0 Å². The molecule has 3 nitrogen and oxygen atoms in total. The van der Waals surface area contributed by atoms with Crippen LogP contribution in [0.2, 0.25) is 0 Å². The monoisotopic (exact) mass is 744 g/mol. The normalized spacial score (nSPS) is 14.8. The van der Waals surface area contributed by atoms with E-state index in [1.807, 2.05) is 0 Å². The molecule has 0 radical (unpaired) electrons. The van der Waals surface area contributed by atoms with Gasteiger partial charge < -0.3 is 0 Å². The molecule has 224 valence electrons. The molecule has 1 aromatic rings. The number of rotatable bonds is 5. The zero-order valence-electron chi connectivity index (χ0n) is 16.1. The van der Waals surface area contributed by atoms with Crippen LogP contribution in [-0.4, -0.2) is 48.3 Å². The van der Waals surface area contributed by atoms with Crippen LogP contribution in [-0.2, 0) is 16.0 Å². The smallest absolute Gasteiger partial charge is 0.279 e. The minimum Gasteiger partial charge on any atom is -0.279 e. The maximum atomic E-state index is 13.9. The molecule has 1 aromatic carbocycles. The third-order valence-electron chi connectivity index (χ3n) is 3.75. The van der Waals surface area contributed by atoms with Gasteiger partial charge >= 0.3 is 51.4 Å². The van der Waals surface area contributed by atoms with Crippen molar-refractivity contribution in [2.75, 3.05) is 0 Å². The summed E-state index contributed by atoms with van der Waals surface area (Å²) in [5.41, 5.74) is -9.07. The lowest BCUT2D eigenvalue weighted by Crippen LogP contribution is -2.69. The number of hydrogen-bond donors (Lipinski definition) is 1. The van der Waals surface area contributed by atoms with Crippen LogP contribution < -0.4 is 0 Å². The van der Waals surface area contributed by atoms with Gasteiger partial charge in [0.2, 0.25) is 0 Å². The fraction of sp³-hybridized carbons (Fsp3) is 0.538. The fourth-order valence-electron chi connectivity index (χ4n) is 1.81. The molecule has 0 aromatic heterocycles. The first-order chi connectivity index (χ1) is 16.2. The largest absolute Gasteiger partial charge is 0.522 e. The Bertz CT molecular complexity index is 1120. The first-order valence-electron chi connectivity index (χ1n) is 7.69. The van der Waals surface area contributed by atoms with Crippen LogP contribution in [0.1, 0.15) is 5.56 Å². The molecule has 0 fully saturated rings. The molecule has 0 spiro atoms. The van der Waals surface area contributed by atoms with E-state index in [4.69, 9.17) is 13.0 Å². The molecule has 0 atom stereocenters. The lowest BCUT2D eigenvalue weighted by Gasteiger charge is -2.40. The topological polar surface area (TPSA) is 54.4 Å². The summed E-state index contributed by atoms with van der Waals surface area (Å²) in [6, 6.07) is 0. The second-order valence-corrected chi connectivity index (χ2v) is 8.73. The van der Waals surface area contributed by atoms with Crippen LogP contribution >= 0.6 is 22.6 Å². The van der Waals surface area contributed by atoms with E-state index < -0.39 is 83.8 Å². The molecule has 25 heteroatoms. The molecule has 1 rings (SSSR count). The Balaban J connectivity index is 0.00000147. The summed E-state index contributed by atoms with van der Waals surface area (Å²) in [6.07, 6.45) is -7.67. The van der Waals surface area contributed by atoms with Crippen molar-refractivity contribution < 1.29 is 101 Å². The first-order valence-corrected chi connectivity index (χ1v) is 10.2. The van der Waals surface area contributed by atoms with Gasteiger partial charge in [0, 0.05) is 0 Å². The van der Waals surface area contributed by atoms with E-state index in [1.54, 1.807) is 0 Å². The van der Waals surface area contributed by atoms with E-state index >= 15 is 0 Å². The standard InChI is InChI=1S/C12F17I.CHF3O3S/c13-2-1(6(30)5(16)4(15)3(2)14)7(17,18)8(19,20)9(21,22)10(23,24)11(25,26)12(27,28)29;2-1(3,4)8(5,6)7/h;(H,5,6,7). The van der Waals surface area contributed by atoms with Gasteiger partial charge in [0.05, 0.1) is 9.13 Å². The SMILES string of the molecule is Fc1c(F)c(F)c(C(F)(F)C(F)(F)C(F)(F)C(F)(F)C(F)(F)C(F)(F)F)c(I)c1F.O=S(=O)(O)C(F)(F)F. The van der Waals surface area contributed by atoms with Gasteiger partial charge in [-0.2, -0.15) is 78.7 Å². The molecule has 1 N–H and O–H groups in total. The number of hydrogen-bond acceptors (Lipinski definition) is 2. The molecule has 0 unspecified atom stereocenters. The summed E-state index contributed by atoms with van der Waals surface area (Å²) >= 11 is 0.0207. The van der Waals surface area contributed by atoms with E-state index in [-0.39, 0.29) is 22.6 Å². The highest BCUT2D eigenvalue weighted by atomic mass is 127. The Kier molecular flexibility index (Phi) is 9.72. The first kappa shape index (κ1) is 36.5. The average molecular weight is 744 g/mol. The quantitative estimate of drug-likeness (QED) is 0.0853. The van der Waals surface area contributed by atoms with Crippen LogP contribution in [0.25, 0.3) is 0 Å². The molecule has 0 aliphatic carbocycles. The molecule has 0 heterocycles. The van der Waals surface area contributed by atoms with Gasteiger partial charge in [0.15, 0.2) is 23.3 Å². The van der Waals surface area contributed by atoms with Crippen LogP contribution in [0, 0.1) is 26.8 Å². The summed E-state index contributed by atoms with van der Waals surface area (Å²) in [5, 5.41) is 0. The summed E-state index contributed by atoms with van der Waals surface area (Å²) in [5.74, 6) is -52.6. The molecule has 0 aliphatic heterocycles. The Morgan fingerprint density at radius 3 is 1.11 bits per heavy atom. The number of benzene rings is 1. The van der Waals surface area contributed by atoms with E-state index in [1.165, 1.54) is 0 Å². The third kappa shape index (κ3) is 5.67. The van der Waals surface area contributed by atoms with Crippen molar-refractivity contribution in [2.45, 2.75) is 41.3 Å². The zero-order valence-corrected chi connectivity index (χ0v) is 19.1. The van der Waals surface area contributed by atoms with Crippen molar-refractivity contribution in [3.05, 3.63) is 32.4 Å². The minimum absolute atomic E-state index is 0.0207. The van der Waals surface area contributed by atoms with Crippen LogP contribution in [0.15, 0.2) is 0 Å². The minimum atomic E-state index is -8.31. The van der Waals surface area contributed by atoms with Gasteiger partial charge in [0.1, 0.15) is 0 Å². The van der Waals surface area contributed by atoms with Gasteiger partial charge in [-0.05, 0) is 22.6 Å². The summed E-state index contributed by atoms with van der Waals surface area (Å²) < 4.78 is 277. The number of halogens is 21. The predicted octanol–water partition coefficient (Wildman–Crippen LogP) is 7.44. The van der Waals surface area contributed by atoms with E-state index in [2.05, 4.69) is 0 Å². The molecule has 0 saturated carbocycles. The highest BCUT2D eigenvalue weighted by Gasteiger charge is 2.91. The van der Waals surface area contributed by atoms with Gasteiger partial charge in [-0.25, -0.2) is 17.6 Å². The zero-order chi connectivity index (χ0) is 31.5. The summed E-state index contributed by atoms with van der Waals surface area (Å²) in [7, 11) is -5.84. The maximum absolute atomic E-state index is 13.9. The van der Waals surface area contributed by atoms with Gasteiger partial charge in [-0.3, -0.25) is 4.55 Å². The van der Waals surface area contributed by atoms with Gasteiger partial charge in [-0.15, -0.1) is 0 Å². The average Bonchev–Trinajstić information content (AvgIpc) is 2.68. The Hall–Kier alpha value is -1.54. The summed E-state index contributed by atoms with van der Waals surface area (Å²) in [6.45, 7) is 0. The predicted molar refractivity (Wildman–Crippen MR) is 86.3 cm³/mol. The lowest BCUT2D eigenvalue weighted by molar-refractivity contribution is -0.442.